The summed E-state index contributed by atoms with van der Waals surface area (Å²) >= 11 is 1.81. The molecule has 0 bridgehead atoms. The normalized spacial score (nSPS) is 18.5. The van der Waals surface area contributed by atoms with Crippen LogP contribution in [0, 0.1) is 5.82 Å². The smallest absolute Gasteiger partial charge is 0.123 e. The van der Waals surface area contributed by atoms with Crippen LogP contribution < -0.4 is 5.32 Å². The number of benzene rings is 1. The molecule has 2 rings (SSSR count). The number of hydrogen-bond acceptors (Lipinski definition) is 2. The Kier molecular flexibility index (Phi) is 4.86. The summed E-state index contributed by atoms with van der Waals surface area (Å²) in [5, 5.41) is 4.15. The Morgan fingerprint density at radius 3 is 2.59 bits per heavy atom. The van der Waals surface area contributed by atoms with Crippen LogP contribution in [0.2, 0.25) is 0 Å². The van der Waals surface area contributed by atoms with Gasteiger partial charge in [0, 0.05) is 22.7 Å². The SMILES string of the molecule is CC(CNC1CCCC1)Sc1ccc(F)cc1. The summed E-state index contributed by atoms with van der Waals surface area (Å²) < 4.78 is 12.8. The van der Waals surface area contributed by atoms with Gasteiger partial charge in [-0.05, 0) is 37.1 Å². The third kappa shape index (κ3) is 4.32. The maximum atomic E-state index is 12.8. The van der Waals surface area contributed by atoms with E-state index in [-0.39, 0.29) is 5.82 Å². The molecule has 1 N–H and O–H groups in total. The fourth-order valence-corrected chi connectivity index (χ4v) is 3.19. The highest BCUT2D eigenvalue weighted by Gasteiger charge is 2.15. The zero-order valence-electron chi connectivity index (χ0n) is 10.3. The first-order chi connectivity index (χ1) is 8.24. The highest BCUT2D eigenvalue weighted by Crippen LogP contribution is 2.24. The van der Waals surface area contributed by atoms with Crippen molar-refractivity contribution in [1.82, 2.24) is 5.32 Å². The molecule has 94 valence electrons. The molecule has 0 heterocycles. The molecule has 1 aromatic rings. The van der Waals surface area contributed by atoms with Gasteiger partial charge in [0.2, 0.25) is 0 Å². The summed E-state index contributed by atoms with van der Waals surface area (Å²) in [5.41, 5.74) is 0. The minimum Gasteiger partial charge on any atom is -0.313 e. The van der Waals surface area contributed by atoms with Crippen LogP contribution in [0.4, 0.5) is 4.39 Å². The predicted molar refractivity (Wildman–Crippen MR) is 72.0 cm³/mol. The van der Waals surface area contributed by atoms with Crippen molar-refractivity contribution in [3.63, 3.8) is 0 Å². The molecule has 0 spiro atoms. The quantitative estimate of drug-likeness (QED) is 0.800. The average Bonchev–Trinajstić information content (AvgIpc) is 2.83. The van der Waals surface area contributed by atoms with Gasteiger partial charge in [0.15, 0.2) is 0 Å². The Bertz CT molecular complexity index is 333. The van der Waals surface area contributed by atoms with Gasteiger partial charge in [0.1, 0.15) is 5.82 Å². The van der Waals surface area contributed by atoms with E-state index >= 15 is 0 Å². The molecular weight excluding hydrogens is 233 g/mol. The Hall–Kier alpha value is -0.540. The monoisotopic (exact) mass is 253 g/mol. The van der Waals surface area contributed by atoms with Crippen LogP contribution in [0.5, 0.6) is 0 Å². The first-order valence-corrected chi connectivity index (χ1v) is 7.27. The predicted octanol–water partition coefficient (Wildman–Crippen LogP) is 3.84. The molecule has 1 unspecified atom stereocenters. The van der Waals surface area contributed by atoms with E-state index in [9.17, 15) is 4.39 Å². The standard InChI is InChI=1S/C14H20FNS/c1-11(10-16-13-4-2-3-5-13)17-14-8-6-12(15)7-9-14/h6-9,11,13,16H,2-5,10H2,1H3. The van der Waals surface area contributed by atoms with Crippen LogP contribution in [-0.4, -0.2) is 17.8 Å². The van der Waals surface area contributed by atoms with Gasteiger partial charge in [-0.2, -0.15) is 0 Å². The topological polar surface area (TPSA) is 12.0 Å². The van der Waals surface area contributed by atoms with E-state index in [4.69, 9.17) is 0 Å². The lowest BCUT2D eigenvalue weighted by Crippen LogP contribution is -2.31. The second-order valence-corrected chi connectivity index (χ2v) is 6.28. The highest BCUT2D eigenvalue weighted by molar-refractivity contribution is 8.00. The van der Waals surface area contributed by atoms with Crippen molar-refractivity contribution in [2.75, 3.05) is 6.54 Å². The number of halogens is 1. The Morgan fingerprint density at radius 2 is 1.94 bits per heavy atom. The van der Waals surface area contributed by atoms with E-state index in [1.165, 1.54) is 37.8 Å². The van der Waals surface area contributed by atoms with Gasteiger partial charge in [0.05, 0.1) is 0 Å². The van der Waals surface area contributed by atoms with Gasteiger partial charge in [-0.1, -0.05) is 19.8 Å². The van der Waals surface area contributed by atoms with Gasteiger partial charge >= 0.3 is 0 Å². The fraction of sp³-hybridized carbons (Fsp3) is 0.571. The molecule has 1 fully saturated rings. The molecule has 1 nitrogen and oxygen atoms in total. The van der Waals surface area contributed by atoms with Crippen molar-refractivity contribution < 1.29 is 4.39 Å². The van der Waals surface area contributed by atoms with Crippen molar-refractivity contribution in [2.24, 2.45) is 0 Å². The molecule has 3 heteroatoms. The first kappa shape index (κ1) is 12.9. The van der Waals surface area contributed by atoms with Crippen molar-refractivity contribution in [3.8, 4) is 0 Å². The molecule has 0 radical (unpaired) electrons. The summed E-state index contributed by atoms with van der Waals surface area (Å²) in [6, 6.07) is 7.49. The number of nitrogens with one attached hydrogen (secondary N) is 1. The van der Waals surface area contributed by atoms with Gasteiger partial charge in [0.25, 0.3) is 0 Å². The summed E-state index contributed by atoms with van der Waals surface area (Å²) in [7, 11) is 0. The van der Waals surface area contributed by atoms with E-state index in [2.05, 4.69) is 12.2 Å². The van der Waals surface area contributed by atoms with Crippen molar-refractivity contribution in [1.29, 1.82) is 0 Å². The van der Waals surface area contributed by atoms with Crippen LogP contribution in [-0.2, 0) is 0 Å². The summed E-state index contributed by atoms with van der Waals surface area (Å²) in [5.74, 6) is -0.161. The summed E-state index contributed by atoms with van der Waals surface area (Å²) in [4.78, 5) is 1.15. The van der Waals surface area contributed by atoms with Gasteiger partial charge in [-0.25, -0.2) is 4.39 Å². The van der Waals surface area contributed by atoms with Gasteiger partial charge in [-0.3, -0.25) is 0 Å². The maximum Gasteiger partial charge on any atom is 0.123 e. The largest absolute Gasteiger partial charge is 0.313 e. The minimum atomic E-state index is -0.161. The average molecular weight is 253 g/mol. The summed E-state index contributed by atoms with van der Waals surface area (Å²) in [6.07, 6.45) is 5.40. The van der Waals surface area contributed by atoms with E-state index in [0.717, 1.165) is 17.5 Å². The lowest BCUT2D eigenvalue weighted by atomic mass is 10.2. The maximum absolute atomic E-state index is 12.8. The summed E-state index contributed by atoms with van der Waals surface area (Å²) in [6.45, 7) is 3.25. The molecule has 17 heavy (non-hydrogen) atoms. The van der Waals surface area contributed by atoms with Crippen molar-refractivity contribution >= 4 is 11.8 Å². The zero-order valence-corrected chi connectivity index (χ0v) is 11.1. The lowest BCUT2D eigenvalue weighted by molar-refractivity contribution is 0.527. The second-order valence-electron chi connectivity index (χ2n) is 4.77. The Morgan fingerprint density at radius 1 is 1.29 bits per heavy atom. The molecule has 1 aromatic carbocycles. The Balaban J connectivity index is 1.72. The number of hydrogen-bond donors (Lipinski definition) is 1. The second kappa shape index (κ2) is 6.41. The van der Waals surface area contributed by atoms with Crippen LogP contribution in [0.15, 0.2) is 29.2 Å². The molecule has 0 aromatic heterocycles. The van der Waals surface area contributed by atoms with Crippen molar-refractivity contribution in [2.45, 2.75) is 48.8 Å². The molecule has 1 aliphatic rings. The molecule has 1 atom stereocenters. The molecule has 0 aliphatic heterocycles. The Labute approximate surface area is 107 Å². The van der Waals surface area contributed by atoms with Crippen LogP contribution in [0.3, 0.4) is 0 Å². The molecule has 1 aliphatic carbocycles. The number of thioether (sulfide) groups is 1. The van der Waals surface area contributed by atoms with Gasteiger partial charge in [-0.15, -0.1) is 11.8 Å². The third-order valence-electron chi connectivity index (χ3n) is 3.20. The van der Waals surface area contributed by atoms with E-state index in [0.29, 0.717) is 5.25 Å². The van der Waals surface area contributed by atoms with Crippen LogP contribution >= 0.6 is 11.8 Å². The third-order valence-corrected chi connectivity index (χ3v) is 4.31. The molecule has 1 saturated carbocycles. The fourth-order valence-electron chi connectivity index (χ4n) is 2.25. The first-order valence-electron chi connectivity index (χ1n) is 6.39. The van der Waals surface area contributed by atoms with Crippen LogP contribution in [0.1, 0.15) is 32.6 Å². The van der Waals surface area contributed by atoms with Crippen molar-refractivity contribution in [3.05, 3.63) is 30.1 Å². The molecular formula is C14H20FNS. The van der Waals surface area contributed by atoms with E-state index in [1.54, 1.807) is 11.8 Å². The van der Waals surface area contributed by atoms with E-state index in [1.807, 2.05) is 12.1 Å². The molecule has 0 saturated heterocycles. The highest BCUT2D eigenvalue weighted by atomic mass is 32.2. The number of rotatable bonds is 5. The van der Waals surface area contributed by atoms with E-state index < -0.39 is 0 Å². The lowest BCUT2D eigenvalue weighted by Gasteiger charge is -2.16. The van der Waals surface area contributed by atoms with Crippen LogP contribution in [0.25, 0.3) is 0 Å². The molecule has 0 amide bonds. The minimum absolute atomic E-state index is 0.161. The zero-order chi connectivity index (χ0) is 12.1. The van der Waals surface area contributed by atoms with Gasteiger partial charge < -0.3 is 5.32 Å².